The van der Waals surface area contributed by atoms with Gasteiger partial charge in [0.1, 0.15) is 5.52 Å². The Morgan fingerprint density at radius 3 is 3.00 bits per heavy atom. The fraction of sp³-hybridized carbons (Fsp3) is 0. The molecule has 0 atom stereocenters. The monoisotopic (exact) mass is 171 g/mol. The molecule has 0 aliphatic rings. The molecule has 0 fully saturated rings. The molecule has 4 heteroatoms. The minimum Gasteiger partial charge on any atom is -0.257 e. The first-order valence-corrected chi connectivity index (χ1v) is 3.64. The van der Waals surface area contributed by atoms with Gasteiger partial charge in [-0.3, -0.25) is 4.79 Å². The van der Waals surface area contributed by atoms with Crippen molar-refractivity contribution in [3.8, 4) is 12.3 Å². The maximum absolute atomic E-state index is 11.1. The van der Waals surface area contributed by atoms with E-state index in [0.717, 1.165) is 4.68 Å². The topological polar surface area (TPSA) is 47.8 Å². The summed E-state index contributed by atoms with van der Waals surface area (Å²) >= 11 is 0. The van der Waals surface area contributed by atoms with Crippen LogP contribution < -0.4 is 0 Å². The predicted octanol–water partition coefficient (Wildman–Crippen LogP) is 0.705. The fourth-order valence-electron chi connectivity index (χ4n) is 1.08. The van der Waals surface area contributed by atoms with Crippen molar-refractivity contribution in [2.45, 2.75) is 0 Å². The van der Waals surface area contributed by atoms with Gasteiger partial charge in [0.2, 0.25) is 0 Å². The van der Waals surface area contributed by atoms with Crippen LogP contribution in [0.3, 0.4) is 0 Å². The zero-order valence-corrected chi connectivity index (χ0v) is 6.64. The van der Waals surface area contributed by atoms with Crippen LogP contribution in [-0.2, 0) is 0 Å². The number of aromatic nitrogens is 3. The minimum absolute atomic E-state index is 0.506. The van der Waals surface area contributed by atoms with E-state index in [4.69, 9.17) is 6.42 Å². The normalized spacial score (nSPS) is 9.77. The lowest BCUT2D eigenvalue weighted by atomic mass is 10.3. The number of hydrogen-bond acceptors (Lipinski definition) is 3. The van der Waals surface area contributed by atoms with E-state index in [1.807, 2.05) is 12.0 Å². The zero-order chi connectivity index (χ0) is 9.26. The summed E-state index contributed by atoms with van der Waals surface area (Å²) < 4.78 is 1.11. The van der Waals surface area contributed by atoms with Gasteiger partial charge in [0.25, 0.3) is 0 Å². The van der Waals surface area contributed by atoms with E-state index in [1.54, 1.807) is 18.2 Å². The Labute approximate surface area is 74.2 Å². The van der Waals surface area contributed by atoms with Gasteiger partial charge in [0.05, 0.1) is 5.52 Å². The maximum atomic E-state index is 11.1. The number of hydrogen-bond donors (Lipinski definition) is 0. The molecule has 0 aliphatic heterocycles. The Kier molecular flexibility index (Phi) is 1.57. The Hall–Kier alpha value is -2.15. The van der Waals surface area contributed by atoms with Crippen molar-refractivity contribution in [1.82, 2.24) is 15.0 Å². The summed E-state index contributed by atoms with van der Waals surface area (Å²) in [5, 5.41) is 7.42. The number of nitrogens with zero attached hydrogens (tertiary/aromatic N) is 3. The van der Waals surface area contributed by atoms with Crippen LogP contribution in [0.1, 0.15) is 4.79 Å². The van der Waals surface area contributed by atoms with E-state index in [2.05, 4.69) is 10.3 Å². The molecule has 0 bridgehead atoms. The average Bonchev–Trinajstić information content (AvgIpc) is 2.60. The number of terminal acetylenes is 1. The van der Waals surface area contributed by atoms with Crippen molar-refractivity contribution < 1.29 is 4.79 Å². The van der Waals surface area contributed by atoms with Crippen molar-refractivity contribution in [2.24, 2.45) is 0 Å². The van der Waals surface area contributed by atoms with Gasteiger partial charge in [-0.25, -0.2) is 0 Å². The Morgan fingerprint density at radius 1 is 1.46 bits per heavy atom. The number of carbonyl (C=O) groups is 1. The highest BCUT2D eigenvalue weighted by molar-refractivity contribution is 5.99. The molecule has 1 aromatic heterocycles. The highest BCUT2D eigenvalue weighted by Gasteiger charge is 2.07. The molecule has 1 heterocycles. The van der Waals surface area contributed by atoms with Crippen molar-refractivity contribution >= 4 is 16.9 Å². The van der Waals surface area contributed by atoms with Crippen LogP contribution in [0.4, 0.5) is 0 Å². The van der Waals surface area contributed by atoms with Crippen LogP contribution in [0.15, 0.2) is 24.3 Å². The molecule has 0 amide bonds. The second-order valence-electron chi connectivity index (χ2n) is 2.44. The summed E-state index contributed by atoms with van der Waals surface area (Å²) in [4.78, 5) is 11.1. The lowest BCUT2D eigenvalue weighted by Gasteiger charge is -1.91. The first-order valence-electron chi connectivity index (χ1n) is 3.64. The summed E-state index contributed by atoms with van der Waals surface area (Å²) in [7, 11) is 0. The van der Waals surface area contributed by atoms with E-state index >= 15 is 0 Å². The van der Waals surface area contributed by atoms with Gasteiger partial charge >= 0.3 is 5.91 Å². The van der Waals surface area contributed by atoms with Crippen molar-refractivity contribution in [3.63, 3.8) is 0 Å². The first-order chi connectivity index (χ1) is 6.33. The number of carbonyl (C=O) groups excluding carboxylic acids is 1. The molecule has 0 radical (unpaired) electrons. The molecule has 2 rings (SSSR count). The Morgan fingerprint density at radius 2 is 2.23 bits per heavy atom. The van der Waals surface area contributed by atoms with E-state index < -0.39 is 5.91 Å². The molecule has 62 valence electrons. The van der Waals surface area contributed by atoms with Crippen molar-refractivity contribution in [2.75, 3.05) is 0 Å². The summed E-state index contributed by atoms with van der Waals surface area (Å²) in [6.45, 7) is 0. The molecule has 13 heavy (non-hydrogen) atoms. The highest BCUT2D eigenvalue weighted by Crippen LogP contribution is 2.08. The van der Waals surface area contributed by atoms with Gasteiger partial charge in [-0.15, -0.1) is 11.5 Å². The second kappa shape index (κ2) is 2.72. The quantitative estimate of drug-likeness (QED) is 0.548. The SMILES string of the molecule is C#CC(=O)n1nnc2ccccc21. The molecular weight excluding hydrogens is 166 g/mol. The molecule has 0 aliphatic carbocycles. The van der Waals surface area contributed by atoms with Crippen LogP contribution in [0.2, 0.25) is 0 Å². The molecule has 0 saturated heterocycles. The molecule has 0 spiro atoms. The zero-order valence-electron chi connectivity index (χ0n) is 6.64. The first kappa shape index (κ1) is 7.50. The van der Waals surface area contributed by atoms with Crippen LogP contribution in [0, 0.1) is 12.3 Å². The van der Waals surface area contributed by atoms with Gasteiger partial charge in [-0.05, 0) is 18.1 Å². The number of rotatable bonds is 0. The molecule has 0 unspecified atom stereocenters. The molecule has 0 saturated carbocycles. The predicted molar refractivity (Wildman–Crippen MR) is 47.0 cm³/mol. The van der Waals surface area contributed by atoms with E-state index in [0.29, 0.717) is 11.0 Å². The summed E-state index contributed by atoms with van der Waals surface area (Å²) in [5.41, 5.74) is 1.29. The third-order valence-electron chi connectivity index (χ3n) is 1.67. The standard InChI is InChI=1S/C9H5N3O/c1-2-9(13)12-8-6-4-3-5-7(8)10-11-12/h1,3-6H. The van der Waals surface area contributed by atoms with E-state index in [9.17, 15) is 4.79 Å². The van der Waals surface area contributed by atoms with Crippen molar-refractivity contribution in [1.29, 1.82) is 0 Å². The van der Waals surface area contributed by atoms with Gasteiger partial charge in [0.15, 0.2) is 0 Å². The van der Waals surface area contributed by atoms with Gasteiger partial charge < -0.3 is 0 Å². The lowest BCUT2D eigenvalue weighted by Crippen LogP contribution is -2.09. The lowest BCUT2D eigenvalue weighted by molar-refractivity contribution is 0.0968. The van der Waals surface area contributed by atoms with Crippen LogP contribution in [0.25, 0.3) is 11.0 Å². The minimum atomic E-state index is -0.506. The smallest absolute Gasteiger partial charge is 0.257 e. The largest absolute Gasteiger partial charge is 0.324 e. The Bertz CT molecular complexity index is 507. The molecule has 1 aromatic carbocycles. The van der Waals surface area contributed by atoms with Crippen molar-refractivity contribution in [3.05, 3.63) is 24.3 Å². The summed E-state index contributed by atoms with van der Waals surface area (Å²) in [6, 6.07) is 7.13. The number of fused-ring (bicyclic) bond motifs is 1. The van der Waals surface area contributed by atoms with Gasteiger partial charge in [-0.1, -0.05) is 17.3 Å². The molecule has 2 aromatic rings. The van der Waals surface area contributed by atoms with Gasteiger partial charge in [0, 0.05) is 0 Å². The van der Waals surface area contributed by atoms with Crippen LogP contribution >= 0.6 is 0 Å². The third-order valence-corrected chi connectivity index (χ3v) is 1.67. The number of benzene rings is 1. The van der Waals surface area contributed by atoms with Crippen LogP contribution in [0.5, 0.6) is 0 Å². The summed E-state index contributed by atoms with van der Waals surface area (Å²) in [6.07, 6.45) is 4.97. The second-order valence-corrected chi connectivity index (χ2v) is 2.44. The average molecular weight is 171 g/mol. The fourth-order valence-corrected chi connectivity index (χ4v) is 1.08. The maximum Gasteiger partial charge on any atom is 0.324 e. The molecule has 4 nitrogen and oxygen atoms in total. The van der Waals surface area contributed by atoms with Gasteiger partial charge in [-0.2, -0.15) is 4.68 Å². The van der Waals surface area contributed by atoms with Crippen LogP contribution in [-0.4, -0.2) is 20.9 Å². The molecular formula is C9H5N3O. The summed E-state index contributed by atoms with van der Waals surface area (Å²) in [5.74, 6) is 1.48. The van der Waals surface area contributed by atoms with E-state index in [-0.39, 0.29) is 0 Å². The van der Waals surface area contributed by atoms with E-state index in [1.165, 1.54) is 0 Å². The Balaban J connectivity index is 2.73. The highest BCUT2D eigenvalue weighted by atomic mass is 16.2. The third kappa shape index (κ3) is 1.07. The molecule has 0 N–H and O–H groups in total. The number of para-hydroxylation sites is 1.